The van der Waals surface area contributed by atoms with E-state index in [9.17, 15) is 9.59 Å². The van der Waals surface area contributed by atoms with Crippen LogP contribution in [-0.2, 0) is 9.53 Å². The third-order valence-electron chi connectivity index (χ3n) is 4.12. The number of amides is 2. The summed E-state index contributed by atoms with van der Waals surface area (Å²) in [7, 11) is 0. The minimum atomic E-state index is -0.104. The van der Waals surface area contributed by atoms with E-state index >= 15 is 0 Å². The van der Waals surface area contributed by atoms with Crippen LogP contribution in [0.2, 0.25) is 0 Å². The van der Waals surface area contributed by atoms with Crippen LogP contribution >= 0.6 is 0 Å². The zero-order valence-corrected chi connectivity index (χ0v) is 12.0. The van der Waals surface area contributed by atoms with Crippen molar-refractivity contribution in [3.63, 3.8) is 0 Å². The molecule has 0 aromatic carbocycles. The first-order valence-corrected chi connectivity index (χ1v) is 7.45. The Kier molecular flexibility index (Phi) is 4.24. The molecule has 1 aromatic heterocycles. The van der Waals surface area contributed by atoms with Crippen molar-refractivity contribution in [2.45, 2.75) is 12.8 Å². The second-order valence-electron chi connectivity index (χ2n) is 5.51. The number of hydrogen-bond acceptors (Lipinski definition) is 4. The lowest BCUT2D eigenvalue weighted by Gasteiger charge is -2.36. The summed E-state index contributed by atoms with van der Waals surface area (Å²) >= 11 is 0. The third kappa shape index (κ3) is 3.10. The summed E-state index contributed by atoms with van der Waals surface area (Å²) in [6, 6.07) is 3.37. The summed E-state index contributed by atoms with van der Waals surface area (Å²) in [6.45, 7) is 3.57. The molecule has 2 aliphatic rings. The lowest BCUT2D eigenvalue weighted by molar-refractivity contribution is -0.141. The van der Waals surface area contributed by atoms with E-state index < -0.39 is 0 Å². The van der Waals surface area contributed by atoms with Crippen LogP contribution in [0.15, 0.2) is 22.8 Å². The first-order chi connectivity index (χ1) is 10.3. The first kappa shape index (κ1) is 14.1. The summed E-state index contributed by atoms with van der Waals surface area (Å²) in [5.41, 5.74) is 0. The van der Waals surface area contributed by atoms with E-state index in [2.05, 4.69) is 0 Å². The van der Waals surface area contributed by atoms with E-state index in [4.69, 9.17) is 9.15 Å². The number of piperazine rings is 1. The standard InChI is InChI=1S/C15H20N2O4/c18-14(12-3-1-9-20-11-12)16-5-7-17(8-6-16)15(19)13-4-2-10-21-13/h2,4,10,12H,1,3,5-9,11H2. The maximum Gasteiger partial charge on any atom is 0.289 e. The normalized spacial score (nSPS) is 23.1. The molecule has 0 saturated carbocycles. The van der Waals surface area contributed by atoms with E-state index in [0.717, 1.165) is 19.4 Å². The van der Waals surface area contributed by atoms with Gasteiger partial charge in [-0.05, 0) is 25.0 Å². The molecule has 21 heavy (non-hydrogen) atoms. The molecule has 6 heteroatoms. The van der Waals surface area contributed by atoms with Crippen LogP contribution in [0.4, 0.5) is 0 Å². The number of nitrogens with zero attached hydrogens (tertiary/aromatic N) is 2. The van der Waals surface area contributed by atoms with Crippen molar-refractivity contribution >= 4 is 11.8 Å². The molecular weight excluding hydrogens is 272 g/mol. The fraction of sp³-hybridized carbons (Fsp3) is 0.600. The maximum absolute atomic E-state index is 12.4. The summed E-state index contributed by atoms with van der Waals surface area (Å²) in [6.07, 6.45) is 3.35. The number of furan rings is 1. The van der Waals surface area contributed by atoms with Crippen molar-refractivity contribution in [2.24, 2.45) is 5.92 Å². The van der Waals surface area contributed by atoms with E-state index in [1.165, 1.54) is 6.26 Å². The van der Waals surface area contributed by atoms with Crippen LogP contribution in [0.5, 0.6) is 0 Å². The topological polar surface area (TPSA) is 63.0 Å². The van der Waals surface area contributed by atoms with E-state index in [1.54, 1.807) is 17.0 Å². The second kappa shape index (κ2) is 6.30. The second-order valence-corrected chi connectivity index (χ2v) is 5.51. The highest BCUT2D eigenvalue weighted by atomic mass is 16.5. The number of hydrogen-bond donors (Lipinski definition) is 0. The summed E-state index contributed by atoms with van der Waals surface area (Å²) in [5.74, 6) is 0.412. The molecule has 2 aliphatic heterocycles. The Morgan fingerprint density at radius 2 is 1.90 bits per heavy atom. The van der Waals surface area contributed by atoms with Crippen LogP contribution in [0.25, 0.3) is 0 Å². The molecular formula is C15H20N2O4. The fourth-order valence-corrected chi connectivity index (χ4v) is 2.88. The highest BCUT2D eigenvalue weighted by molar-refractivity contribution is 5.91. The molecule has 1 atom stereocenters. The molecule has 3 rings (SSSR count). The predicted octanol–water partition coefficient (Wildman–Crippen LogP) is 0.991. The van der Waals surface area contributed by atoms with Crippen LogP contribution in [-0.4, -0.2) is 61.0 Å². The van der Waals surface area contributed by atoms with Crippen LogP contribution in [0, 0.1) is 5.92 Å². The van der Waals surface area contributed by atoms with Crippen molar-refractivity contribution in [2.75, 3.05) is 39.4 Å². The molecule has 1 unspecified atom stereocenters. The molecule has 2 fully saturated rings. The van der Waals surface area contributed by atoms with Crippen molar-refractivity contribution in [3.8, 4) is 0 Å². The highest BCUT2D eigenvalue weighted by Crippen LogP contribution is 2.18. The molecule has 114 valence electrons. The minimum absolute atomic E-state index is 0.00826. The Hall–Kier alpha value is -1.82. The predicted molar refractivity (Wildman–Crippen MR) is 74.7 cm³/mol. The third-order valence-corrected chi connectivity index (χ3v) is 4.12. The lowest BCUT2D eigenvalue weighted by Crippen LogP contribution is -2.52. The molecule has 6 nitrogen and oxygen atoms in total. The van der Waals surface area contributed by atoms with Crippen molar-refractivity contribution in [3.05, 3.63) is 24.2 Å². The SMILES string of the molecule is O=C(c1ccco1)N1CCN(C(=O)C2CCCOC2)CC1. The highest BCUT2D eigenvalue weighted by Gasteiger charge is 2.30. The number of carbonyl (C=O) groups is 2. The number of rotatable bonds is 2. The molecule has 2 saturated heterocycles. The quantitative estimate of drug-likeness (QED) is 0.815. The molecule has 2 amide bonds. The Morgan fingerprint density at radius 3 is 2.52 bits per heavy atom. The van der Waals surface area contributed by atoms with Crippen molar-refractivity contribution in [1.29, 1.82) is 0 Å². The molecule has 0 spiro atoms. The first-order valence-electron chi connectivity index (χ1n) is 7.45. The molecule has 0 aliphatic carbocycles. The van der Waals surface area contributed by atoms with Gasteiger partial charge in [-0.25, -0.2) is 0 Å². The zero-order valence-electron chi connectivity index (χ0n) is 12.0. The van der Waals surface area contributed by atoms with E-state index in [-0.39, 0.29) is 17.7 Å². The van der Waals surface area contributed by atoms with Crippen molar-refractivity contribution < 1.29 is 18.7 Å². The van der Waals surface area contributed by atoms with Gasteiger partial charge < -0.3 is 19.0 Å². The van der Waals surface area contributed by atoms with Gasteiger partial charge in [0.25, 0.3) is 5.91 Å². The van der Waals surface area contributed by atoms with Gasteiger partial charge in [0.1, 0.15) is 0 Å². The summed E-state index contributed by atoms with van der Waals surface area (Å²) in [5, 5.41) is 0. The summed E-state index contributed by atoms with van der Waals surface area (Å²) < 4.78 is 10.5. The smallest absolute Gasteiger partial charge is 0.289 e. The number of carbonyl (C=O) groups excluding carboxylic acids is 2. The Bertz CT molecular complexity index is 486. The van der Waals surface area contributed by atoms with Gasteiger partial charge in [0.05, 0.1) is 18.8 Å². The van der Waals surface area contributed by atoms with Crippen LogP contribution in [0.1, 0.15) is 23.4 Å². The van der Waals surface area contributed by atoms with Gasteiger partial charge in [0.15, 0.2) is 5.76 Å². The van der Waals surface area contributed by atoms with Gasteiger partial charge in [-0.3, -0.25) is 9.59 Å². The van der Waals surface area contributed by atoms with Gasteiger partial charge in [0, 0.05) is 32.8 Å². The number of ether oxygens (including phenoxy) is 1. The Balaban J connectivity index is 1.52. The minimum Gasteiger partial charge on any atom is -0.459 e. The van der Waals surface area contributed by atoms with Gasteiger partial charge in [-0.15, -0.1) is 0 Å². The van der Waals surface area contributed by atoms with E-state index in [1.807, 2.05) is 4.90 Å². The Morgan fingerprint density at radius 1 is 1.14 bits per heavy atom. The molecule has 0 radical (unpaired) electrons. The van der Waals surface area contributed by atoms with Gasteiger partial charge in [-0.1, -0.05) is 0 Å². The van der Waals surface area contributed by atoms with Gasteiger partial charge in [-0.2, -0.15) is 0 Å². The molecule has 0 N–H and O–H groups in total. The van der Waals surface area contributed by atoms with Gasteiger partial charge >= 0.3 is 0 Å². The zero-order chi connectivity index (χ0) is 14.7. The average molecular weight is 292 g/mol. The monoisotopic (exact) mass is 292 g/mol. The van der Waals surface area contributed by atoms with Crippen LogP contribution < -0.4 is 0 Å². The van der Waals surface area contributed by atoms with Gasteiger partial charge in [0.2, 0.25) is 5.91 Å². The fourth-order valence-electron chi connectivity index (χ4n) is 2.88. The largest absolute Gasteiger partial charge is 0.459 e. The van der Waals surface area contributed by atoms with E-state index in [0.29, 0.717) is 38.5 Å². The Labute approximate surface area is 123 Å². The maximum atomic E-state index is 12.4. The average Bonchev–Trinajstić information content (AvgIpc) is 3.09. The lowest BCUT2D eigenvalue weighted by atomic mass is 10.0. The van der Waals surface area contributed by atoms with Crippen LogP contribution in [0.3, 0.4) is 0 Å². The molecule has 3 heterocycles. The molecule has 0 bridgehead atoms. The molecule has 1 aromatic rings. The van der Waals surface area contributed by atoms with Crippen molar-refractivity contribution in [1.82, 2.24) is 9.80 Å². The summed E-state index contributed by atoms with van der Waals surface area (Å²) in [4.78, 5) is 28.1.